The molecule has 0 aromatic carbocycles. The number of anilines is 1. The van der Waals surface area contributed by atoms with Crippen LogP contribution in [0.15, 0.2) is 0 Å². The summed E-state index contributed by atoms with van der Waals surface area (Å²) in [5.41, 5.74) is 0. The van der Waals surface area contributed by atoms with Crippen molar-refractivity contribution >= 4 is 16.5 Å². The number of nitrogens with one attached hydrogen (secondary N) is 1. The summed E-state index contributed by atoms with van der Waals surface area (Å²) < 4.78 is 0. The quantitative estimate of drug-likeness (QED) is 0.837. The van der Waals surface area contributed by atoms with Gasteiger partial charge in [0.15, 0.2) is 0 Å². The van der Waals surface area contributed by atoms with Crippen LogP contribution in [0.1, 0.15) is 38.6 Å². The molecular weight excluding hydrogens is 206 g/mol. The van der Waals surface area contributed by atoms with Crippen molar-refractivity contribution in [1.82, 2.24) is 10.2 Å². The van der Waals surface area contributed by atoms with E-state index in [9.17, 15) is 0 Å². The maximum atomic E-state index is 4.20. The number of rotatable bonds is 5. The van der Waals surface area contributed by atoms with Gasteiger partial charge in [0.1, 0.15) is 5.01 Å². The molecule has 0 amide bonds. The SMILES string of the molecule is CC(C)Cc1nnc(NC(C)C2CC2)s1. The molecule has 1 saturated carbocycles. The van der Waals surface area contributed by atoms with E-state index in [1.54, 1.807) is 11.3 Å². The molecule has 0 radical (unpaired) electrons. The first kappa shape index (κ1) is 10.9. The maximum Gasteiger partial charge on any atom is 0.205 e. The summed E-state index contributed by atoms with van der Waals surface area (Å²) in [7, 11) is 0. The molecule has 0 bridgehead atoms. The monoisotopic (exact) mass is 225 g/mol. The van der Waals surface area contributed by atoms with Crippen LogP contribution in [0.2, 0.25) is 0 Å². The standard InChI is InChI=1S/C11H19N3S/c1-7(2)6-10-13-14-11(15-10)12-8(3)9-4-5-9/h7-9H,4-6H2,1-3H3,(H,12,14). The molecule has 0 aliphatic heterocycles. The smallest absolute Gasteiger partial charge is 0.205 e. The highest BCUT2D eigenvalue weighted by molar-refractivity contribution is 7.15. The van der Waals surface area contributed by atoms with Gasteiger partial charge in [-0.2, -0.15) is 0 Å². The van der Waals surface area contributed by atoms with Crippen LogP contribution < -0.4 is 5.32 Å². The summed E-state index contributed by atoms with van der Waals surface area (Å²) in [6.45, 7) is 6.66. The molecular formula is C11H19N3S. The zero-order chi connectivity index (χ0) is 10.8. The highest BCUT2D eigenvalue weighted by Crippen LogP contribution is 2.34. The summed E-state index contributed by atoms with van der Waals surface area (Å²) in [6, 6.07) is 0.560. The molecule has 1 aromatic heterocycles. The van der Waals surface area contributed by atoms with E-state index in [1.807, 2.05) is 0 Å². The Hall–Kier alpha value is -0.640. The largest absolute Gasteiger partial charge is 0.357 e. The predicted octanol–water partition coefficient (Wildman–Crippen LogP) is 2.95. The molecule has 1 aromatic rings. The Morgan fingerprint density at radius 1 is 1.33 bits per heavy atom. The molecule has 4 heteroatoms. The molecule has 1 N–H and O–H groups in total. The van der Waals surface area contributed by atoms with Gasteiger partial charge in [0.25, 0.3) is 0 Å². The third-order valence-corrected chi connectivity index (χ3v) is 3.61. The van der Waals surface area contributed by atoms with Crippen LogP contribution in [0.25, 0.3) is 0 Å². The average Bonchev–Trinajstić information content (AvgIpc) is 2.90. The zero-order valence-corrected chi connectivity index (χ0v) is 10.5. The van der Waals surface area contributed by atoms with Crippen LogP contribution >= 0.6 is 11.3 Å². The second-order valence-electron chi connectivity index (χ2n) is 4.87. The molecule has 0 spiro atoms. The molecule has 0 saturated heterocycles. The van der Waals surface area contributed by atoms with Crippen LogP contribution in [0, 0.1) is 11.8 Å². The van der Waals surface area contributed by atoms with Crippen molar-refractivity contribution < 1.29 is 0 Å². The number of hydrogen-bond donors (Lipinski definition) is 1. The van der Waals surface area contributed by atoms with Crippen molar-refractivity contribution in [3.8, 4) is 0 Å². The van der Waals surface area contributed by atoms with Crippen molar-refractivity contribution in [1.29, 1.82) is 0 Å². The van der Waals surface area contributed by atoms with Gasteiger partial charge >= 0.3 is 0 Å². The van der Waals surface area contributed by atoms with Gasteiger partial charge in [-0.25, -0.2) is 0 Å². The van der Waals surface area contributed by atoms with E-state index < -0.39 is 0 Å². The van der Waals surface area contributed by atoms with Crippen molar-refractivity contribution in [2.45, 2.75) is 46.1 Å². The van der Waals surface area contributed by atoms with E-state index in [0.717, 1.165) is 22.5 Å². The Kier molecular flexibility index (Phi) is 3.24. The third kappa shape index (κ3) is 3.16. The minimum Gasteiger partial charge on any atom is -0.357 e. The molecule has 2 rings (SSSR count). The van der Waals surface area contributed by atoms with Gasteiger partial charge in [0.05, 0.1) is 0 Å². The van der Waals surface area contributed by atoms with Crippen molar-refractivity contribution in [3.63, 3.8) is 0 Å². The predicted molar refractivity (Wildman–Crippen MR) is 64.3 cm³/mol. The second kappa shape index (κ2) is 4.47. The van der Waals surface area contributed by atoms with Gasteiger partial charge in [0.2, 0.25) is 5.13 Å². The fourth-order valence-corrected chi connectivity index (χ4v) is 2.70. The summed E-state index contributed by atoms with van der Waals surface area (Å²) in [4.78, 5) is 0. The summed E-state index contributed by atoms with van der Waals surface area (Å²) in [5, 5.41) is 14.0. The fourth-order valence-electron chi connectivity index (χ4n) is 1.65. The second-order valence-corrected chi connectivity index (χ2v) is 5.93. The lowest BCUT2D eigenvalue weighted by Crippen LogP contribution is -2.16. The van der Waals surface area contributed by atoms with Crippen LogP contribution in [0.4, 0.5) is 5.13 Å². The molecule has 1 aliphatic rings. The first-order chi connectivity index (χ1) is 7.15. The highest BCUT2D eigenvalue weighted by Gasteiger charge is 2.28. The first-order valence-electron chi connectivity index (χ1n) is 5.74. The minimum absolute atomic E-state index is 0.560. The van der Waals surface area contributed by atoms with E-state index in [2.05, 4.69) is 36.3 Å². The fraction of sp³-hybridized carbons (Fsp3) is 0.818. The maximum absolute atomic E-state index is 4.20. The van der Waals surface area contributed by atoms with E-state index in [-0.39, 0.29) is 0 Å². The van der Waals surface area contributed by atoms with Gasteiger partial charge in [-0.1, -0.05) is 25.2 Å². The zero-order valence-electron chi connectivity index (χ0n) is 9.66. The van der Waals surface area contributed by atoms with Gasteiger partial charge < -0.3 is 5.32 Å². The third-order valence-electron chi connectivity index (χ3n) is 2.73. The van der Waals surface area contributed by atoms with Crippen LogP contribution in [0.5, 0.6) is 0 Å². The lowest BCUT2D eigenvalue weighted by atomic mass is 10.1. The van der Waals surface area contributed by atoms with Crippen molar-refractivity contribution in [3.05, 3.63) is 5.01 Å². The molecule has 1 unspecified atom stereocenters. The number of nitrogens with zero attached hydrogens (tertiary/aromatic N) is 2. The number of aromatic nitrogens is 2. The van der Waals surface area contributed by atoms with E-state index in [1.165, 1.54) is 12.8 Å². The normalized spacial score (nSPS) is 18.1. The summed E-state index contributed by atoms with van der Waals surface area (Å²) in [6.07, 6.45) is 3.77. The summed E-state index contributed by atoms with van der Waals surface area (Å²) >= 11 is 1.70. The average molecular weight is 225 g/mol. The Balaban J connectivity index is 1.88. The van der Waals surface area contributed by atoms with Gasteiger partial charge in [-0.05, 0) is 31.6 Å². The van der Waals surface area contributed by atoms with Gasteiger partial charge in [0, 0.05) is 12.5 Å². The molecule has 1 aliphatic carbocycles. The molecule has 3 nitrogen and oxygen atoms in total. The van der Waals surface area contributed by atoms with Crippen LogP contribution in [-0.2, 0) is 6.42 Å². The molecule has 1 atom stereocenters. The van der Waals surface area contributed by atoms with Gasteiger partial charge in [-0.15, -0.1) is 10.2 Å². The summed E-state index contributed by atoms with van der Waals surface area (Å²) in [5.74, 6) is 1.52. The molecule has 1 heterocycles. The topological polar surface area (TPSA) is 37.8 Å². The van der Waals surface area contributed by atoms with E-state index in [4.69, 9.17) is 0 Å². The minimum atomic E-state index is 0.560. The molecule has 1 fully saturated rings. The number of hydrogen-bond acceptors (Lipinski definition) is 4. The van der Waals surface area contributed by atoms with Crippen molar-refractivity contribution in [2.75, 3.05) is 5.32 Å². The Morgan fingerprint density at radius 2 is 2.07 bits per heavy atom. The first-order valence-corrected chi connectivity index (χ1v) is 6.55. The van der Waals surface area contributed by atoms with Crippen molar-refractivity contribution in [2.24, 2.45) is 11.8 Å². The molecule has 15 heavy (non-hydrogen) atoms. The lowest BCUT2D eigenvalue weighted by molar-refractivity contribution is 0.639. The Morgan fingerprint density at radius 3 is 2.67 bits per heavy atom. The van der Waals surface area contributed by atoms with Crippen LogP contribution in [-0.4, -0.2) is 16.2 Å². The Labute approximate surface area is 95.3 Å². The lowest BCUT2D eigenvalue weighted by Gasteiger charge is -2.09. The van der Waals surface area contributed by atoms with E-state index in [0.29, 0.717) is 12.0 Å². The van der Waals surface area contributed by atoms with Gasteiger partial charge in [-0.3, -0.25) is 0 Å². The molecule has 84 valence electrons. The van der Waals surface area contributed by atoms with E-state index >= 15 is 0 Å². The van der Waals surface area contributed by atoms with Crippen LogP contribution in [0.3, 0.4) is 0 Å². The highest BCUT2D eigenvalue weighted by atomic mass is 32.1. The Bertz CT molecular complexity index is 317.